The molecule has 0 aromatic heterocycles. The third-order valence-corrected chi connectivity index (χ3v) is 4.40. The second kappa shape index (κ2) is 17.9. The van der Waals surface area contributed by atoms with Crippen molar-refractivity contribution >= 4 is 43.8 Å². The Labute approximate surface area is 167 Å². The van der Waals surface area contributed by atoms with Crippen molar-refractivity contribution in [3.05, 3.63) is 35.9 Å². The van der Waals surface area contributed by atoms with Crippen LogP contribution in [0.4, 0.5) is 0 Å². The molecule has 0 radical (unpaired) electrons. The first-order valence-electron chi connectivity index (χ1n) is 8.63. The molecule has 0 atom stereocenters. The molecule has 0 heterocycles. The number of unbranched alkanes of at least 4 members (excludes halogenated alkanes) is 4. The average Bonchev–Trinajstić information content (AvgIpc) is 2.62. The van der Waals surface area contributed by atoms with E-state index in [1.54, 1.807) is 0 Å². The molecule has 0 saturated carbocycles. The van der Waals surface area contributed by atoms with E-state index >= 15 is 0 Å². The minimum absolute atomic E-state index is 0.0987. The number of carboxylic acid groups (broad SMARTS) is 1. The zero-order chi connectivity index (χ0) is 18.8. The number of carbonyl (C=O) groups is 2. The van der Waals surface area contributed by atoms with Crippen LogP contribution < -0.4 is 0 Å². The number of hydrogen-bond donors (Lipinski definition) is 1. The molecule has 4 nitrogen and oxygen atoms in total. The Balaban J connectivity index is 0.000000547. The Morgan fingerprint density at radius 1 is 0.840 bits per heavy atom. The molecule has 6 heteroatoms. The predicted molar refractivity (Wildman–Crippen MR) is 108 cm³/mol. The van der Waals surface area contributed by atoms with Crippen LogP contribution in [0.1, 0.15) is 56.9 Å². The Bertz CT molecular complexity index is 452. The van der Waals surface area contributed by atoms with E-state index in [4.69, 9.17) is 9.84 Å². The summed E-state index contributed by atoms with van der Waals surface area (Å²) in [6, 6.07) is 9.75. The number of esters is 1. The summed E-state index contributed by atoms with van der Waals surface area (Å²) in [6.45, 7) is 0.387. The van der Waals surface area contributed by atoms with Gasteiger partial charge in [0.15, 0.2) is 0 Å². The van der Waals surface area contributed by atoms with Gasteiger partial charge in [-0.3, -0.25) is 9.59 Å². The zero-order valence-electron chi connectivity index (χ0n) is 14.6. The first-order valence-corrected chi connectivity index (χ1v) is 10.9. The van der Waals surface area contributed by atoms with Crippen molar-refractivity contribution < 1.29 is 19.4 Å². The number of rotatable bonds is 12. The lowest BCUT2D eigenvalue weighted by molar-refractivity contribution is -0.145. The smallest absolute Gasteiger partial charge is 0.306 e. The van der Waals surface area contributed by atoms with Crippen molar-refractivity contribution in [2.24, 2.45) is 0 Å². The maximum atomic E-state index is 11.3. The number of carboxylic acids is 1. The molecule has 1 aromatic rings. The third kappa shape index (κ3) is 17.7. The molecule has 1 N–H and O–H groups in total. The van der Waals surface area contributed by atoms with E-state index in [1.807, 2.05) is 30.3 Å². The minimum Gasteiger partial charge on any atom is -0.481 e. The summed E-state index contributed by atoms with van der Waals surface area (Å²) in [6.07, 6.45) is 6.84. The van der Waals surface area contributed by atoms with Gasteiger partial charge in [-0.1, -0.05) is 75.0 Å². The van der Waals surface area contributed by atoms with E-state index in [0.717, 1.165) is 54.7 Å². The molecule has 1 rings (SSSR count). The molecule has 142 valence electrons. The first kappa shape index (κ1) is 24.1. The van der Waals surface area contributed by atoms with Crippen LogP contribution >= 0.6 is 31.9 Å². The topological polar surface area (TPSA) is 63.6 Å². The summed E-state index contributed by atoms with van der Waals surface area (Å²) in [5.74, 6) is -0.789. The number of carbonyl (C=O) groups excluding carboxylic acids is 1. The molecule has 0 fully saturated rings. The fraction of sp³-hybridized carbons (Fsp3) is 0.579. The highest BCUT2D eigenvalue weighted by Gasteiger charge is 2.02. The summed E-state index contributed by atoms with van der Waals surface area (Å²) in [4.78, 5) is 21.3. The molecular formula is C19H28Br2O4. The Hall–Kier alpha value is -0.880. The number of ether oxygens (including phenoxy) is 1. The van der Waals surface area contributed by atoms with Crippen molar-refractivity contribution in [3.63, 3.8) is 0 Å². The predicted octanol–water partition coefficient (Wildman–Crippen LogP) is 5.71. The largest absolute Gasteiger partial charge is 0.481 e. The number of benzene rings is 1. The van der Waals surface area contributed by atoms with E-state index in [0.29, 0.717) is 19.4 Å². The van der Waals surface area contributed by atoms with Gasteiger partial charge in [0.1, 0.15) is 6.61 Å². The molecule has 0 bridgehead atoms. The quantitative estimate of drug-likeness (QED) is 0.237. The lowest BCUT2D eigenvalue weighted by Crippen LogP contribution is -2.04. The molecule has 0 unspecified atom stereocenters. The van der Waals surface area contributed by atoms with Gasteiger partial charge in [-0.25, -0.2) is 0 Å². The van der Waals surface area contributed by atoms with Gasteiger partial charge in [0.05, 0.1) is 0 Å². The monoisotopic (exact) mass is 478 g/mol. The summed E-state index contributed by atoms with van der Waals surface area (Å²) in [5, 5.41) is 10.2. The lowest BCUT2D eigenvalue weighted by atomic mass is 10.2. The van der Waals surface area contributed by atoms with E-state index in [1.165, 1.54) is 0 Å². The summed E-state index contributed by atoms with van der Waals surface area (Å²) in [5.41, 5.74) is 1.04. The van der Waals surface area contributed by atoms with E-state index in [2.05, 4.69) is 31.9 Å². The van der Waals surface area contributed by atoms with Crippen molar-refractivity contribution in [1.82, 2.24) is 0 Å². The summed E-state index contributed by atoms with van der Waals surface area (Å²) in [7, 11) is 0. The Kier molecular flexibility index (Phi) is 17.3. The van der Waals surface area contributed by atoms with E-state index < -0.39 is 5.97 Å². The highest BCUT2D eigenvalue weighted by Crippen LogP contribution is 2.06. The summed E-state index contributed by atoms with van der Waals surface area (Å²) >= 11 is 6.63. The van der Waals surface area contributed by atoms with Gasteiger partial charge >= 0.3 is 11.9 Å². The van der Waals surface area contributed by atoms with Gasteiger partial charge in [0.2, 0.25) is 0 Å². The maximum absolute atomic E-state index is 11.3. The molecule has 0 aliphatic rings. The number of halogens is 2. The number of aliphatic carboxylic acids is 1. The van der Waals surface area contributed by atoms with Gasteiger partial charge in [-0.05, 0) is 31.2 Å². The standard InChI is InChI=1S/C13H17BrO2.C6H11BrO2/c14-10-6-2-5-9-13(15)16-11-12-7-3-1-4-8-12;7-5-3-1-2-4-6(8)9/h1,3-4,7-8H,2,5-6,9-11H2;1-5H2,(H,8,9). The van der Waals surface area contributed by atoms with Crippen LogP contribution in [0, 0.1) is 0 Å². The molecule has 0 aliphatic heterocycles. The SMILES string of the molecule is O=C(CCCCCBr)OCc1ccccc1.O=C(O)CCCCCBr. The Morgan fingerprint density at radius 2 is 1.40 bits per heavy atom. The third-order valence-electron chi connectivity index (χ3n) is 3.28. The van der Waals surface area contributed by atoms with Crippen LogP contribution in [0.5, 0.6) is 0 Å². The average molecular weight is 480 g/mol. The maximum Gasteiger partial charge on any atom is 0.306 e. The molecular weight excluding hydrogens is 452 g/mol. The first-order chi connectivity index (χ1) is 12.1. The fourth-order valence-electron chi connectivity index (χ4n) is 1.90. The van der Waals surface area contributed by atoms with Crippen LogP contribution in [0.25, 0.3) is 0 Å². The number of hydrogen-bond acceptors (Lipinski definition) is 3. The van der Waals surface area contributed by atoms with Crippen LogP contribution in [-0.4, -0.2) is 27.7 Å². The van der Waals surface area contributed by atoms with Crippen LogP contribution in [0.2, 0.25) is 0 Å². The van der Waals surface area contributed by atoms with E-state index in [-0.39, 0.29) is 5.97 Å². The highest BCUT2D eigenvalue weighted by atomic mass is 79.9. The second-order valence-corrected chi connectivity index (χ2v) is 7.13. The van der Waals surface area contributed by atoms with Gasteiger partial charge in [-0.2, -0.15) is 0 Å². The second-order valence-electron chi connectivity index (χ2n) is 5.54. The van der Waals surface area contributed by atoms with Crippen molar-refractivity contribution in [3.8, 4) is 0 Å². The summed E-state index contributed by atoms with van der Waals surface area (Å²) < 4.78 is 5.16. The minimum atomic E-state index is -0.690. The zero-order valence-corrected chi connectivity index (χ0v) is 17.8. The van der Waals surface area contributed by atoms with Gasteiger partial charge < -0.3 is 9.84 Å². The molecule has 0 saturated heterocycles. The van der Waals surface area contributed by atoms with Crippen LogP contribution in [0.15, 0.2) is 30.3 Å². The van der Waals surface area contributed by atoms with Crippen LogP contribution in [0.3, 0.4) is 0 Å². The molecule has 25 heavy (non-hydrogen) atoms. The van der Waals surface area contributed by atoms with Crippen molar-refractivity contribution in [2.45, 2.75) is 58.0 Å². The van der Waals surface area contributed by atoms with Crippen molar-refractivity contribution in [1.29, 1.82) is 0 Å². The van der Waals surface area contributed by atoms with Crippen LogP contribution in [-0.2, 0) is 20.9 Å². The lowest BCUT2D eigenvalue weighted by Gasteiger charge is -2.04. The van der Waals surface area contributed by atoms with Gasteiger partial charge in [0.25, 0.3) is 0 Å². The fourth-order valence-corrected chi connectivity index (χ4v) is 2.69. The van der Waals surface area contributed by atoms with E-state index in [9.17, 15) is 9.59 Å². The van der Waals surface area contributed by atoms with Gasteiger partial charge in [0, 0.05) is 23.5 Å². The molecule has 0 spiro atoms. The van der Waals surface area contributed by atoms with Gasteiger partial charge in [-0.15, -0.1) is 0 Å². The number of alkyl halides is 2. The highest BCUT2D eigenvalue weighted by molar-refractivity contribution is 9.09. The Morgan fingerprint density at radius 3 is 1.92 bits per heavy atom. The normalized spacial score (nSPS) is 9.84. The van der Waals surface area contributed by atoms with Crippen molar-refractivity contribution in [2.75, 3.05) is 10.7 Å². The molecule has 1 aromatic carbocycles. The molecule has 0 aliphatic carbocycles. The molecule has 0 amide bonds.